The monoisotopic (exact) mass is 332 g/mol. The van der Waals surface area contributed by atoms with Gasteiger partial charge < -0.3 is 19.9 Å². The van der Waals surface area contributed by atoms with E-state index >= 15 is 0 Å². The van der Waals surface area contributed by atoms with Gasteiger partial charge in [0.2, 0.25) is 0 Å². The van der Waals surface area contributed by atoms with E-state index in [-0.39, 0.29) is 42.2 Å². The van der Waals surface area contributed by atoms with Crippen molar-refractivity contribution in [1.82, 2.24) is 10.2 Å². The number of nitrogens with one attached hydrogen (secondary N) is 2. The average Bonchev–Trinajstić information content (AvgIpc) is 2.45. The van der Waals surface area contributed by atoms with Crippen LogP contribution >= 0.6 is 11.8 Å². The van der Waals surface area contributed by atoms with Crippen LogP contribution < -0.4 is 10.2 Å². The summed E-state index contributed by atoms with van der Waals surface area (Å²) in [6, 6.07) is 0.0935. The van der Waals surface area contributed by atoms with E-state index < -0.39 is 0 Å². The molecular formula is C14H26N3O4S+. The maximum absolute atomic E-state index is 12.3. The van der Waals surface area contributed by atoms with Gasteiger partial charge in [0.15, 0.2) is 13.1 Å². The zero-order valence-electron chi connectivity index (χ0n) is 13.7. The van der Waals surface area contributed by atoms with Crippen LogP contribution in [-0.4, -0.2) is 80.1 Å². The summed E-state index contributed by atoms with van der Waals surface area (Å²) >= 11 is 1.51. The van der Waals surface area contributed by atoms with E-state index in [0.717, 1.165) is 10.7 Å². The Kier molecular flexibility index (Phi) is 7.67. The van der Waals surface area contributed by atoms with Crippen molar-refractivity contribution >= 4 is 29.5 Å². The second kappa shape index (κ2) is 8.99. The Morgan fingerprint density at radius 1 is 1.36 bits per heavy atom. The number of nitrogens with zero attached hydrogens (tertiary/aromatic N) is 1. The molecule has 8 heteroatoms. The highest BCUT2D eigenvalue weighted by Crippen LogP contribution is 2.19. The number of rotatable bonds is 6. The van der Waals surface area contributed by atoms with Crippen molar-refractivity contribution in [3.05, 3.63) is 0 Å². The number of likely N-dealkylation sites (N-methyl/N-ethyl adjacent to an activating group) is 1. The van der Waals surface area contributed by atoms with Crippen molar-refractivity contribution in [2.75, 3.05) is 46.1 Å². The molecule has 0 aromatic heterocycles. The van der Waals surface area contributed by atoms with Gasteiger partial charge in [-0.15, -0.1) is 11.8 Å². The predicted octanol–water partition coefficient (Wildman–Crippen LogP) is -1.86. The number of carbonyl (C=O) groups is 3. The van der Waals surface area contributed by atoms with Crippen LogP contribution in [0, 0.1) is 0 Å². The number of hydrogen-bond donors (Lipinski definition) is 2. The summed E-state index contributed by atoms with van der Waals surface area (Å²) in [7, 11) is 3.17. The minimum absolute atomic E-state index is 0.0379. The molecule has 7 nitrogen and oxygen atoms in total. The van der Waals surface area contributed by atoms with E-state index in [1.807, 2.05) is 20.9 Å². The summed E-state index contributed by atoms with van der Waals surface area (Å²) in [6.45, 7) is 5.30. The molecular weight excluding hydrogens is 306 g/mol. The van der Waals surface area contributed by atoms with Crippen molar-refractivity contribution in [1.29, 1.82) is 0 Å². The first-order valence-electron chi connectivity index (χ1n) is 7.41. The first-order valence-corrected chi connectivity index (χ1v) is 8.46. The molecule has 0 radical (unpaired) electrons. The lowest BCUT2D eigenvalue weighted by atomic mass is 10.3. The number of methoxy groups -OCH3 is 1. The highest BCUT2D eigenvalue weighted by atomic mass is 32.2. The fourth-order valence-electron chi connectivity index (χ4n) is 2.23. The lowest BCUT2D eigenvalue weighted by molar-refractivity contribution is -0.863. The molecule has 1 aliphatic heterocycles. The summed E-state index contributed by atoms with van der Waals surface area (Å²) in [6.07, 6.45) is 0. The van der Waals surface area contributed by atoms with Gasteiger partial charge in [0.25, 0.3) is 11.8 Å². The predicted molar refractivity (Wildman–Crippen MR) is 84.7 cm³/mol. The normalized spacial score (nSPS) is 19.7. The Labute approximate surface area is 135 Å². The van der Waals surface area contributed by atoms with Crippen LogP contribution in [0.5, 0.6) is 0 Å². The van der Waals surface area contributed by atoms with Crippen molar-refractivity contribution in [3.8, 4) is 0 Å². The number of hydrogen-bond acceptors (Lipinski definition) is 5. The maximum atomic E-state index is 12.3. The number of esters is 1. The number of carbonyl (C=O) groups excluding carboxylic acids is 3. The zero-order valence-corrected chi connectivity index (χ0v) is 14.5. The van der Waals surface area contributed by atoms with E-state index in [1.165, 1.54) is 18.9 Å². The molecule has 1 unspecified atom stereocenters. The van der Waals surface area contributed by atoms with Gasteiger partial charge >= 0.3 is 5.97 Å². The van der Waals surface area contributed by atoms with Crippen molar-refractivity contribution in [3.63, 3.8) is 0 Å². The summed E-state index contributed by atoms with van der Waals surface area (Å²) < 4.78 is 4.73. The number of ether oxygens (including phenoxy) is 1. The molecule has 0 saturated carbocycles. The SMILES string of the molecule is COC(=O)[C@@H]1CN(C(=O)C[NH+](C)CC(=O)NC(C)C)CCS1. The summed E-state index contributed by atoms with van der Waals surface area (Å²) in [5, 5.41) is 2.49. The Bertz CT molecular complexity index is 417. The Morgan fingerprint density at radius 2 is 2.05 bits per heavy atom. The summed E-state index contributed by atoms with van der Waals surface area (Å²) in [4.78, 5) is 38.0. The Morgan fingerprint density at radius 3 is 2.64 bits per heavy atom. The van der Waals surface area contributed by atoms with Gasteiger partial charge in [-0.25, -0.2) is 0 Å². The van der Waals surface area contributed by atoms with E-state index in [1.54, 1.807) is 4.90 Å². The molecule has 0 bridgehead atoms. The molecule has 1 rings (SSSR count). The molecule has 1 fully saturated rings. The molecule has 0 aromatic carbocycles. The minimum atomic E-state index is -0.313. The molecule has 0 aromatic rings. The van der Waals surface area contributed by atoms with E-state index in [4.69, 9.17) is 4.74 Å². The van der Waals surface area contributed by atoms with Crippen molar-refractivity contribution < 1.29 is 24.0 Å². The van der Waals surface area contributed by atoms with Gasteiger partial charge in [0.05, 0.1) is 14.2 Å². The third-order valence-corrected chi connectivity index (χ3v) is 4.41. The lowest BCUT2D eigenvalue weighted by Gasteiger charge is -2.31. The smallest absolute Gasteiger partial charge is 0.320 e. The molecule has 1 saturated heterocycles. The van der Waals surface area contributed by atoms with Crippen LogP contribution in [0.1, 0.15) is 13.8 Å². The quantitative estimate of drug-likeness (QED) is 0.558. The number of thioether (sulfide) groups is 1. The van der Waals surface area contributed by atoms with Crippen molar-refractivity contribution in [2.24, 2.45) is 0 Å². The van der Waals surface area contributed by atoms with Gasteiger partial charge in [0.1, 0.15) is 5.25 Å². The van der Waals surface area contributed by atoms with Gasteiger partial charge in [0, 0.05) is 24.9 Å². The second-order valence-electron chi connectivity index (χ2n) is 5.76. The third-order valence-electron chi connectivity index (χ3n) is 3.25. The van der Waals surface area contributed by atoms with Gasteiger partial charge in [-0.1, -0.05) is 0 Å². The molecule has 22 heavy (non-hydrogen) atoms. The van der Waals surface area contributed by atoms with E-state index in [2.05, 4.69) is 5.32 Å². The first-order chi connectivity index (χ1) is 10.3. The molecule has 2 amide bonds. The standard InChI is InChI=1S/C14H25N3O4S/c1-10(2)15-12(18)8-16(3)9-13(19)17-5-6-22-11(7-17)14(20)21-4/h10-11H,5-9H2,1-4H3,(H,15,18)/p+1/t11-/m0/s1. The largest absolute Gasteiger partial charge is 0.468 e. The number of amides is 2. The van der Waals surface area contributed by atoms with Crippen molar-refractivity contribution in [2.45, 2.75) is 25.1 Å². The maximum Gasteiger partial charge on any atom is 0.320 e. The lowest BCUT2D eigenvalue weighted by Crippen LogP contribution is -3.11. The van der Waals surface area contributed by atoms with Crippen LogP contribution in [0.15, 0.2) is 0 Å². The van der Waals surface area contributed by atoms with E-state index in [9.17, 15) is 14.4 Å². The van der Waals surface area contributed by atoms with Gasteiger partial charge in [-0.2, -0.15) is 0 Å². The van der Waals surface area contributed by atoms with Crippen LogP contribution in [0.3, 0.4) is 0 Å². The molecule has 1 heterocycles. The number of quaternary nitrogens is 1. The fourth-order valence-corrected chi connectivity index (χ4v) is 3.36. The Hall–Kier alpha value is -1.28. The molecule has 2 atom stereocenters. The average molecular weight is 332 g/mol. The summed E-state index contributed by atoms with van der Waals surface area (Å²) in [5.41, 5.74) is 0. The second-order valence-corrected chi connectivity index (χ2v) is 7.07. The topological polar surface area (TPSA) is 80.2 Å². The molecule has 0 spiro atoms. The minimum Gasteiger partial charge on any atom is -0.468 e. The van der Waals surface area contributed by atoms with Crippen LogP contribution in [0.2, 0.25) is 0 Å². The van der Waals surface area contributed by atoms with Crippen LogP contribution in [0.4, 0.5) is 0 Å². The zero-order chi connectivity index (χ0) is 16.7. The van der Waals surface area contributed by atoms with Crippen LogP contribution in [-0.2, 0) is 19.1 Å². The summed E-state index contributed by atoms with van der Waals surface area (Å²) in [5.74, 6) is 0.323. The van der Waals surface area contributed by atoms with Crippen LogP contribution in [0.25, 0.3) is 0 Å². The molecule has 1 aliphatic rings. The van der Waals surface area contributed by atoms with E-state index in [0.29, 0.717) is 13.1 Å². The molecule has 0 aliphatic carbocycles. The third kappa shape index (κ3) is 6.23. The van der Waals surface area contributed by atoms with Gasteiger partial charge in [-0.3, -0.25) is 14.4 Å². The Balaban J connectivity index is 2.43. The van der Waals surface area contributed by atoms with Gasteiger partial charge in [-0.05, 0) is 13.8 Å². The molecule has 2 N–H and O–H groups in total. The molecule has 126 valence electrons. The fraction of sp³-hybridized carbons (Fsp3) is 0.786. The first kappa shape index (κ1) is 18.8. The highest BCUT2D eigenvalue weighted by molar-refractivity contribution is 8.00. The highest BCUT2D eigenvalue weighted by Gasteiger charge is 2.30.